The molecule has 6 aliphatic carbocycles. The minimum Gasteiger partial charge on any atom is -0.0842 e. The molecular formula is C60H52. The molecule has 7 aromatic carbocycles. The standard InChI is InChI=1S/C60H52/c1-59(2)55-20-7-6-17-53(55)54-30-27-49(35-56(54)59)57(46-23-21-44(22-24-46)52-19-10-14-45-13-9-18-51(58(45)52)43-11-4-3-5-12-43)48-16-8-15-47(34-48)42-25-28-50(29-26-42)60-36-39-31-40(37-60)33-41(32-39)38-60/h3-4,6-11,13-21,23,25-30,34-35,39-41,57H,5,12,31-33,36-38H2,1-2H3. The minimum absolute atomic E-state index is 0.00591. The molecule has 0 spiro atoms. The molecule has 1 unspecified atom stereocenters. The normalized spacial score (nSPS) is 23.5. The van der Waals surface area contributed by atoms with Gasteiger partial charge in [-0.25, -0.2) is 0 Å². The van der Waals surface area contributed by atoms with Crippen LogP contribution in [0.1, 0.15) is 110 Å². The van der Waals surface area contributed by atoms with Crippen molar-refractivity contribution < 1.29 is 0 Å². The molecule has 7 aromatic rings. The molecule has 0 N–H and O–H groups in total. The maximum absolute atomic E-state index is 3.78. The van der Waals surface area contributed by atoms with Gasteiger partial charge in [-0.1, -0.05) is 172 Å². The van der Waals surface area contributed by atoms with Crippen molar-refractivity contribution >= 4 is 16.3 Å². The SMILES string of the molecule is CC1(C)c2ccccc2-c2ccc(C(c3c#cc(-c4cccc5cccc(C6=CC=CCC6)c45)cc3)c3cccc(-c4ccc(C56CC7CC(CC(C7)C5)C6)cc4)c3)cc21. The fourth-order valence-corrected chi connectivity index (χ4v) is 13.2. The molecule has 0 heteroatoms. The van der Waals surface area contributed by atoms with Crippen LogP contribution in [-0.4, -0.2) is 0 Å². The van der Waals surface area contributed by atoms with E-state index in [-0.39, 0.29) is 11.3 Å². The molecule has 13 rings (SSSR count). The Morgan fingerprint density at radius 2 is 1.27 bits per heavy atom. The van der Waals surface area contributed by atoms with Gasteiger partial charge in [0, 0.05) is 22.5 Å². The number of rotatable bonds is 7. The summed E-state index contributed by atoms with van der Waals surface area (Å²) in [6, 6.07) is 60.9. The number of fused-ring (bicyclic) bond motifs is 4. The highest BCUT2D eigenvalue weighted by Gasteiger charge is 2.51. The van der Waals surface area contributed by atoms with E-state index < -0.39 is 0 Å². The van der Waals surface area contributed by atoms with Gasteiger partial charge in [-0.2, -0.15) is 0 Å². The van der Waals surface area contributed by atoms with Gasteiger partial charge in [0.2, 0.25) is 0 Å². The lowest BCUT2D eigenvalue weighted by Crippen LogP contribution is -2.48. The van der Waals surface area contributed by atoms with Gasteiger partial charge >= 0.3 is 0 Å². The third kappa shape index (κ3) is 5.80. The summed E-state index contributed by atoms with van der Waals surface area (Å²) in [5.74, 6) is 2.85. The average Bonchev–Trinajstić information content (AvgIpc) is 3.51. The Kier molecular flexibility index (Phi) is 8.29. The van der Waals surface area contributed by atoms with Crippen LogP contribution in [-0.2, 0) is 10.8 Å². The second kappa shape index (κ2) is 13.8. The lowest BCUT2D eigenvalue weighted by Gasteiger charge is -2.57. The van der Waals surface area contributed by atoms with E-state index in [4.69, 9.17) is 0 Å². The molecule has 292 valence electrons. The molecule has 0 heterocycles. The summed E-state index contributed by atoms with van der Waals surface area (Å²) in [5.41, 5.74) is 18.8. The largest absolute Gasteiger partial charge is 0.0842 e. The van der Waals surface area contributed by atoms with E-state index in [9.17, 15) is 0 Å². The lowest BCUT2D eigenvalue weighted by atomic mass is 9.48. The van der Waals surface area contributed by atoms with Crippen LogP contribution in [0.2, 0.25) is 0 Å². The van der Waals surface area contributed by atoms with Crippen LogP contribution in [0.5, 0.6) is 0 Å². The quantitative estimate of drug-likeness (QED) is 0.151. The summed E-state index contributed by atoms with van der Waals surface area (Å²) in [6.45, 7) is 4.77. The van der Waals surface area contributed by atoms with Crippen LogP contribution < -0.4 is 0 Å². The van der Waals surface area contributed by atoms with Crippen LogP contribution in [0.15, 0.2) is 158 Å². The highest BCUT2D eigenvalue weighted by molar-refractivity contribution is 6.04. The summed E-state index contributed by atoms with van der Waals surface area (Å²) in [5, 5.41) is 2.57. The Labute approximate surface area is 356 Å². The van der Waals surface area contributed by atoms with Crippen LogP contribution in [0.4, 0.5) is 0 Å². The summed E-state index contributed by atoms with van der Waals surface area (Å²) >= 11 is 0. The Balaban J connectivity index is 0.945. The number of allylic oxidation sites excluding steroid dienone is 4. The molecule has 4 fully saturated rings. The van der Waals surface area contributed by atoms with Gasteiger partial charge < -0.3 is 0 Å². The Morgan fingerprint density at radius 3 is 2.00 bits per heavy atom. The second-order valence-corrected chi connectivity index (χ2v) is 19.6. The molecule has 4 bridgehead atoms. The predicted octanol–water partition coefficient (Wildman–Crippen LogP) is 15.5. The van der Waals surface area contributed by atoms with Gasteiger partial charge in [-0.15, -0.1) is 0 Å². The molecule has 0 amide bonds. The first-order valence-corrected chi connectivity index (χ1v) is 22.7. The summed E-state index contributed by atoms with van der Waals surface area (Å²) in [6.07, 6.45) is 17.6. The minimum atomic E-state index is -0.0812. The van der Waals surface area contributed by atoms with E-state index in [1.807, 2.05) is 0 Å². The van der Waals surface area contributed by atoms with Crippen LogP contribution >= 0.6 is 0 Å². The van der Waals surface area contributed by atoms with E-state index in [2.05, 4.69) is 184 Å². The van der Waals surface area contributed by atoms with E-state index >= 15 is 0 Å². The van der Waals surface area contributed by atoms with Crippen molar-refractivity contribution in [3.8, 4) is 33.4 Å². The third-order valence-corrected chi connectivity index (χ3v) is 15.7. The summed E-state index contributed by atoms with van der Waals surface area (Å²) < 4.78 is 0. The Hall–Kier alpha value is -5.90. The Bertz CT molecular complexity index is 2820. The zero-order valence-corrected chi connectivity index (χ0v) is 35.0. The molecule has 1 atom stereocenters. The summed E-state index contributed by atoms with van der Waals surface area (Å²) in [4.78, 5) is 0. The fraction of sp³-hybridized carbons (Fsp3) is 0.267. The van der Waals surface area contributed by atoms with Gasteiger partial charge in [0.25, 0.3) is 0 Å². The molecule has 60 heavy (non-hydrogen) atoms. The van der Waals surface area contributed by atoms with E-state index in [0.717, 1.165) is 41.7 Å². The van der Waals surface area contributed by atoms with Gasteiger partial charge in [0.1, 0.15) is 0 Å². The molecule has 0 radical (unpaired) electrons. The first-order valence-electron chi connectivity index (χ1n) is 22.7. The first kappa shape index (κ1) is 36.0. The van der Waals surface area contributed by atoms with Crippen LogP contribution in [0, 0.1) is 29.9 Å². The molecular weight excluding hydrogens is 721 g/mol. The molecule has 6 aliphatic rings. The van der Waals surface area contributed by atoms with Crippen LogP contribution in [0.3, 0.4) is 0 Å². The number of hydrogen-bond donors (Lipinski definition) is 0. The van der Waals surface area contributed by atoms with Gasteiger partial charge in [0.15, 0.2) is 0 Å². The fourth-order valence-electron chi connectivity index (χ4n) is 13.2. The zero-order valence-electron chi connectivity index (χ0n) is 35.0. The maximum Gasteiger partial charge on any atom is 0.0420 e. The van der Waals surface area contributed by atoms with Crippen molar-refractivity contribution in [2.45, 2.75) is 82.0 Å². The first-order chi connectivity index (χ1) is 29.4. The van der Waals surface area contributed by atoms with E-state index in [0.29, 0.717) is 5.41 Å². The van der Waals surface area contributed by atoms with Crippen molar-refractivity contribution in [1.82, 2.24) is 0 Å². The van der Waals surface area contributed by atoms with Crippen molar-refractivity contribution in [3.05, 3.63) is 209 Å². The topological polar surface area (TPSA) is 0 Å². The molecule has 0 nitrogen and oxygen atoms in total. The van der Waals surface area contributed by atoms with Gasteiger partial charge in [-0.05, 0) is 164 Å². The zero-order chi connectivity index (χ0) is 40.0. The van der Waals surface area contributed by atoms with Crippen molar-refractivity contribution in [1.29, 1.82) is 0 Å². The van der Waals surface area contributed by atoms with Crippen molar-refractivity contribution in [2.24, 2.45) is 17.8 Å². The molecule has 0 saturated heterocycles. The monoisotopic (exact) mass is 772 g/mol. The second-order valence-electron chi connectivity index (χ2n) is 19.6. The highest BCUT2D eigenvalue weighted by Crippen LogP contribution is 2.61. The Morgan fingerprint density at radius 1 is 0.567 bits per heavy atom. The van der Waals surface area contributed by atoms with Gasteiger partial charge in [0.05, 0.1) is 0 Å². The molecule has 0 aliphatic heterocycles. The van der Waals surface area contributed by atoms with Crippen molar-refractivity contribution in [3.63, 3.8) is 0 Å². The molecule has 0 aromatic heterocycles. The van der Waals surface area contributed by atoms with Crippen LogP contribution in [0.25, 0.3) is 49.7 Å². The summed E-state index contributed by atoms with van der Waals surface area (Å²) in [7, 11) is 0. The molecule has 4 saturated carbocycles. The third-order valence-electron chi connectivity index (χ3n) is 15.7. The smallest absolute Gasteiger partial charge is 0.0420 e. The lowest BCUT2D eigenvalue weighted by molar-refractivity contribution is -0.00518. The number of hydrogen-bond acceptors (Lipinski definition) is 0. The maximum atomic E-state index is 3.78. The van der Waals surface area contributed by atoms with Gasteiger partial charge in [-0.3, -0.25) is 0 Å². The van der Waals surface area contributed by atoms with E-state index in [1.165, 1.54) is 111 Å². The van der Waals surface area contributed by atoms with E-state index in [1.54, 1.807) is 5.56 Å². The average molecular weight is 773 g/mol. The van der Waals surface area contributed by atoms with Crippen molar-refractivity contribution in [2.75, 3.05) is 0 Å². The highest BCUT2D eigenvalue weighted by atomic mass is 14.6. The predicted molar refractivity (Wildman–Crippen MR) is 250 cm³/mol. The number of benzene rings is 6.